The molecule has 1 aromatic heterocycles. The second-order valence-electron chi connectivity index (χ2n) is 7.26. The summed E-state index contributed by atoms with van der Waals surface area (Å²) in [5, 5.41) is 0. The highest BCUT2D eigenvalue weighted by Gasteiger charge is 2.31. The van der Waals surface area contributed by atoms with Crippen molar-refractivity contribution >= 4 is 11.6 Å². The van der Waals surface area contributed by atoms with E-state index in [4.69, 9.17) is 0 Å². The van der Waals surface area contributed by atoms with Gasteiger partial charge in [-0.2, -0.15) is 13.2 Å². The number of hydrogen-bond donors (Lipinski definition) is 0. The van der Waals surface area contributed by atoms with Gasteiger partial charge in [0.05, 0.1) is 17.6 Å². The van der Waals surface area contributed by atoms with Gasteiger partial charge in [0.1, 0.15) is 6.54 Å². The first kappa shape index (κ1) is 19.9. The van der Waals surface area contributed by atoms with Crippen LogP contribution in [0.1, 0.15) is 18.1 Å². The van der Waals surface area contributed by atoms with Gasteiger partial charge in [-0.05, 0) is 37.1 Å². The predicted molar refractivity (Wildman–Crippen MR) is 106 cm³/mol. The normalized spacial score (nSPS) is 15.9. The van der Waals surface area contributed by atoms with Gasteiger partial charge in [-0.3, -0.25) is 14.2 Å². The van der Waals surface area contributed by atoms with Crippen LogP contribution in [0, 0.1) is 0 Å². The van der Waals surface area contributed by atoms with E-state index in [0.29, 0.717) is 5.56 Å². The smallest absolute Gasteiger partial charge is 0.307 e. The molecule has 8 heteroatoms. The van der Waals surface area contributed by atoms with Gasteiger partial charge in [0.15, 0.2) is 0 Å². The fourth-order valence-electron chi connectivity index (χ4n) is 3.70. The van der Waals surface area contributed by atoms with E-state index in [2.05, 4.69) is 4.98 Å². The Kier molecular flexibility index (Phi) is 4.93. The van der Waals surface area contributed by atoms with E-state index in [-0.39, 0.29) is 24.2 Å². The van der Waals surface area contributed by atoms with E-state index in [1.807, 2.05) is 31.2 Å². The molecule has 0 radical (unpaired) electrons. The SMILES string of the molecule is CC1Cc2ccccc2N1C(=O)Cn1cnc(-c2ccc(C(F)(F)F)cc2)cc1=O. The van der Waals surface area contributed by atoms with Crippen LogP contribution in [-0.4, -0.2) is 21.5 Å². The highest BCUT2D eigenvalue weighted by Crippen LogP contribution is 2.32. The van der Waals surface area contributed by atoms with Crippen molar-refractivity contribution in [1.82, 2.24) is 9.55 Å². The van der Waals surface area contributed by atoms with Gasteiger partial charge in [-0.15, -0.1) is 0 Å². The number of fused-ring (bicyclic) bond motifs is 1. The number of para-hydroxylation sites is 1. The van der Waals surface area contributed by atoms with Crippen LogP contribution in [0.3, 0.4) is 0 Å². The van der Waals surface area contributed by atoms with Crippen molar-refractivity contribution in [3.63, 3.8) is 0 Å². The van der Waals surface area contributed by atoms with E-state index in [1.54, 1.807) is 4.90 Å². The first-order valence-electron chi connectivity index (χ1n) is 9.38. The lowest BCUT2D eigenvalue weighted by molar-refractivity contribution is -0.137. The number of halogens is 3. The van der Waals surface area contributed by atoms with Crippen molar-refractivity contribution in [2.24, 2.45) is 0 Å². The molecular weight excluding hydrogens is 395 g/mol. The standard InChI is InChI=1S/C22H18F3N3O2/c1-14-10-16-4-2-3-5-19(16)28(14)21(30)12-27-13-26-18(11-20(27)29)15-6-8-17(9-7-15)22(23,24)25/h2-9,11,13-14H,10,12H2,1H3. The van der Waals surface area contributed by atoms with E-state index < -0.39 is 17.3 Å². The summed E-state index contributed by atoms with van der Waals surface area (Å²) in [5.41, 5.74) is 1.34. The molecule has 1 unspecified atom stereocenters. The van der Waals surface area contributed by atoms with Crippen molar-refractivity contribution in [3.05, 3.63) is 82.4 Å². The molecule has 1 atom stereocenters. The monoisotopic (exact) mass is 413 g/mol. The summed E-state index contributed by atoms with van der Waals surface area (Å²) >= 11 is 0. The minimum atomic E-state index is -4.43. The van der Waals surface area contributed by atoms with Crippen LogP contribution < -0.4 is 10.5 Å². The molecule has 0 fully saturated rings. The number of carbonyl (C=O) groups is 1. The molecule has 0 aliphatic carbocycles. The molecule has 0 saturated heterocycles. The van der Waals surface area contributed by atoms with Crippen LogP contribution in [0.25, 0.3) is 11.3 Å². The zero-order chi connectivity index (χ0) is 21.5. The molecule has 0 bridgehead atoms. The van der Waals surface area contributed by atoms with Crippen molar-refractivity contribution in [3.8, 4) is 11.3 Å². The maximum absolute atomic E-state index is 12.9. The number of anilines is 1. The number of hydrogen-bond acceptors (Lipinski definition) is 3. The zero-order valence-corrected chi connectivity index (χ0v) is 16.1. The van der Waals surface area contributed by atoms with Crippen molar-refractivity contribution in [2.75, 3.05) is 4.90 Å². The second kappa shape index (κ2) is 7.44. The average molecular weight is 413 g/mol. The van der Waals surface area contributed by atoms with Gasteiger partial charge in [-0.1, -0.05) is 30.3 Å². The number of nitrogens with zero attached hydrogens (tertiary/aromatic N) is 3. The molecule has 154 valence electrons. The quantitative estimate of drug-likeness (QED) is 0.654. The molecule has 1 aliphatic heterocycles. The highest BCUT2D eigenvalue weighted by molar-refractivity contribution is 5.96. The largest absolute Gasteiger partial charge is 0.416 e. The van der Waals surface area contributed by atoms with Crippen molar-refractivity contribution in [1.29, 1.82) is 0 Å². The average Bonchev–Trinajstić information content (AvgIpc) is 3.04. The number of carbonyl (C=O) groups excluding carboxylic acids is 1. The molecule has 2 heterocycles. The molecule has 3 aromatic rings. The maximum Gasteiger partial charge on any atom is 0.416 e. The Morgan fingerprint density at radius 2 is 1.83 bits per heavy atom. The predicted octanol–water partition coefficient (Wildman–Crippen LogP) is 3.91. The summed E-state index contributed by atoms with van der Waals surface area (Å²) in [4.78, 5) is 31.2. The molecular formula is C22H18F3N3O2. The summed E-state index contributed by atoms with van der Waals surface area (Å²) < 4.78 is 39.3. The van der Waals surface area contributed by atoms with E-state index in [9.17, 15) is 22.8 Å². The summed E-state index contributed by atoms with van der Waals surface area (Å²) in [6, 6.07) is 13.3. The van der Waals surface area contributed by atoms with Crippen LogP contribution in [0.15, 0.2) is 65.7 Å². The number of alkyl halides is 3. The third-order valence-electron chi connectivity index (χ3n) is 5.17. The number of aromatic nitrogens is 2. The second-order valence-corrected chi connectivity index (χ2v) is 7.26. The van der Waals surface area contributed by atoms with E-state index >= 15 is 0 Å². The maximum atomic E-state index is 12.9. The molecule has 4 rings (SSSR count). The Morgan fingerprint density at radius 1 is 1.13 bits per heavy atom. The molecule has 0 spiro atoms. The molecule has 5 nitrogen and oxygen atoms in total. The Labute approximate surface area is 170 Å². The lowest BCUT2D eigenvalue weighted by atomic mass is 10.1. The van der Waals surface area contributed by atoms with Crippen LogP contribution in [0.4, 0.5) is 18.9 Å². The van der Waals surface area contributed by atoms with Crippen LogP contribution in [-0.2, 0) is 23.9 Å². The van der Waals surface area contributed by atoms with Gasteiger partial charge in [0.2, 0.25) is 5.91 Å². The molecule has 1 aliphatic rings. The summed E-state index contributed by atoms with van der Waals surface area (Å²) in [5.74, 6) is -0.223. The Morgan fingerprint density at radius 3 is 2.50 bits per heavy atom. The van der Waals surface area contributed by atoms with E-state index in [1.165, 1.54) is 29.1 Å². The topological polar surface area (TPSA) is 55.2 Å². The van der Waals surface area contributed by atoms with E-state index in [0.717, 1.165) is 29.8 Å². The zero-order valence-electron chi connectivity index (χ0n) is 16.1. The molecule has 0 saturated carbocycles. The first-order valence-corrected chi connectivity index (χ1v) is 9.38. The number of rotatable bonds is 3. The highest BCUT2D eigenvalue weighted by atomic mass is 19.4. The van der Waals surface area contributed by atoms with Crippen LogP contribution in [0.2, 0.25) is 0 Å². The molecule has 1 amide bonds. The molecule has 30 heavy (non-hydrogen) atoms. The third kappa shape index (κ3) is 3.72. The summed E-state index contributed by atoms with van der Waals surface area (Å²) in [6.07, 6.45) is -2.43. The molecule has 2 aromatic carbocycles. The fraction of sp³-hybridized carbons (Fsp3) is 0.227. The van der Waals surface area contributed by atoms with Gasteiger partial charge in [0.25, 0.3) is 5.56 Å². The number of benzene rings is 2. The fourth-order valence-corrected chi connectivity index (χ4v) is 3.70. The minimum absolute atomic E-state index is 0.00928. The van der Waals surface area contributed by atoms with Gasteiger partial charge < -0.3 is 4.90 Å². The molecule has 0 N–H and O–H groups in total. The number of amides is 1. The third-order valence-corrected chi connectivity index (χ3v) is 5.17. The van der Waals surface area contributed by atoms with Gasteiger partial charge >= 0.3 is 6.18 Å². The lowest BCUT2D eigenvalue weighted by Gasteiger charge is -2.23. The summed E-state index contributed by atoms with van der Waals surface area (Å²) in [7, 11) is 0. The lowest BCUT2D eigenvalue weighted by Crippen LogP contribution is -2.39. The van der Waals surface area contributed by atoms with Gasteiger partial charge in [0, 0.05) is 23.4 Å². The first-order chi connectivity index (χ1) is 14.2. The van der Waals surface area contributed by atoms with Crippen LogP contribution in [0.5, 0.6) is 0 Å². The Bertz CT molecular complexity index is 1150. The van der Waals surface area contributed by atoms with Gasteiger partial charge in [-0.25, -0.2) is 4.98 Å². The summed E-state index contributed by atoms with van der Waals surface area (Å²) in [6.45, 7) is 1.78. The van der Waals surface area contributed by atoms with Crippen LogP contribution >= 0.6 is 0 Å². The Balaban J connectivity index is 1.54. The van der Waals surface area contributed by atoms with Crippen molar-refractivity contribution in [2.45, 2.75) is 32.1 Å². The minimum Gasteiger partial charge on any atom is -0.307 e. The van der Waals surface area contributed by atoms with Crippen molar-refractivity contribution < 1.29 is 18.0 Å². The Hall–Kier alpha value is -3.42.